The van der Waals surface area contributed by atoms with Crippen molar-refractivity contribution in [1.29, 1.82) is 0 Å². The third kappa shape index (κ3) is 15.5. The molecule has 1 heterocycles. The number of hydrogen-bond acceptors (Lipinski definition) is 4. The Morgan fingerprint density at radius 3 is 1.65 bits per heavy atom. The van der Waals surface area contributed by atoms with Crippen LogP contribution in [0.3, 0.4) is 0 Å². The van der Waals surface area contributed by atoms with Crippen LogP contribution in [0.25, 0.3) is 0 Å². The minimum Gasteiger partial charge on any atom is -0.340 e. The van der Waals surface area contributed by atoms with Crippen LogP contribution in [0.5, 0.6) is 0 Å². The highest BCUT2D eigenvalue weighted by Crippen LogP contribution is 2.11. The second-order valence-electron chi connectivity index (χ2n) is 9.37. The summed E-state index contributed by atoms with van der Waals surface area (Å²) in [5.74, 6) is 0.104. The van der Waals surface area contributed by atoms with Gasteiger partial charge in [0.25, 0.3) is 0 Å². The molecule has 5 nitrogen and oxygen atoms in total. The molecule has 0 bridgehead atoms. The number of ketones is 1. The zero-order valence-electron chi connectivity index (χ0n) is 20.8. The molecule has 0 saturated carbocycles. The highest BCUT2D eigenvalue weighted by Gasteiger charge is 2.20. The first-order valence-electron chi connectivity index (χ1n) is 13.4. The second-order valence-corrected chi connectivity index (χ2v) is 9.37. The average Bonchev–Trinajstić information content (AvgIpc) is 2.78. The van der Waals surface area contributed by atoms with Crippen molar-refractivity contribution in [3.05, 3.63) is 0 Å². The molecule has 0 radical (unpaired) electrons. The molecule has 182 valence electrons. The van der Waals surface area contributed by atoms with E-state index in [9.17, 15) is 9.59 Å². The monoisotopic (exact) mass is 437 g/mol. The number of amides is 1. The van der Waals surface area contributed by atoms with E-state index in [1.54, 1.807) is 0 Å². The Balaban J connectivity index is 2.31. The van der Waals surface area contributed by atoms with E-state index in [1.807, 2.05) is 4.90 Å². The second kappa shape index (κ2) is 19.7. The average molecular weight is 438 g/mol. The van der Waals surface area contributed by atoms with Gasteiger partial charge in [0.1, 0.15) is 0 Å². The Kier molecular flexibility index (Phi) is 17.9. The fourth-order valence-electron chi connectivity index (χ4n) is 4.35. The number of carbonyl (C=O) groups is 2. The van der Waals surface area contributed by atoms with Crippen molar-refractivity contribution >= 4 is 11.7 Å². The number of nitrogens with zero attached hydrogens (tertiary/aromatic N) is 2. The molecule has 31 heavy (non-hydrogen) atoms. The molecule has 0 aromatic heterocycles. The zero-order valence-corrected chi connectivity index (χ0v) is 20.8. The number of Topliss-reactive ketones (excluding diaryl/α,β-unsaturated/α-hetero) is 1. The molecule has 0 aliphatic carbocycles. The van der Waals surface area contributed by atoms with Crippen LogP contribution in [0.2, 0.25) is 0 Å². The van der Waals surface area contributed by atoms with Crippen molar-refractivity contribution in [2.45, 2.75) is 110 Å². The van der Waals surface area contributed by atoms with Gasteiger partial charge in [-0.05, 0) is 25.9 Å². The third-order valence-corrected chi connectivity index (χ3v) is 6.37. The van der Waals surface area contributed by atoms with E-state index in [0.717, 1.165) is 39.3 Å². The van der Waals surface area contributed by atoms with Gasteiger partial charge in [0, 0.05) is 26.2 Å². The molecule has 0 atom stereocenters. The molecular formula is C26H51N3O2. The lowest BCUT2D eigenvalue weighted by molar-refractivity contribution is -0.136. The molecule has 1 saturated heterocycles. The van der Waals surface area contributed by atoms with Gasteiger partial charge in [-0.15, -0.1) is 0 Å². The first-order chi connectivity index (χ1) is 15.2. The normalized spacial score (nSPS) is 14.4. The van der Waals surface area contributed by atoms with Gasteiger partial charge in [0.05, 0.1) is 13.0 Å². The van der Waals surface area contributed by atoms with Gasteiger partial charge in [-0.1, -0.05) is 90.9 Å². The van der Waals surface area contributed by atoms with Gasteiger partial charge in [0.2, 0.25) is 5.91 Å². The molecule has 0 aromatic carbocycles. The van der Waals surface area contributed by atoms with Crippen molar-refractivity contribution in [3.63, 3.8) is 0 Å². The minimum absolute atomic E-state index is 0.0123. The molecular weight excluding hydrogens is 386 g/mol. The topological polar surface area (TPSA) is 52.7 Å². The van der Waals surface area contributed by atoms with E-state index >= 15 is 0 Å². The van der Waals surface area contributed by atoms with Gasteiger partial charge < -0.3 is 10.2 Å². The van der Waals surface area contributed by atoms with Crippen LogP contribution in [-0.2, 0) is 9.59 Å². The predicted molar refractivity (Wildman–Crippen MR) is 131 cm³/mol. The number of unbranched alkanes of at least 4 members (excludes halogenated alkanes) is 12. The quantitative estimate of drug-likeness (QED) is 0.211. The number of nitrogens with one attached hydrogen (secondary N) is 1. The van der Waals surface area contributed by atoms with Gasteiger partial charge in [-0.3, -0.25) is 14.5 Å². The van der Waals surface area contributed by atoms with Crippen LogP contribution >= 0.6 is 0 Å². The number of carbonyl (C=O) groups excluding carboxylic acids is 2. The van der Waals surface area contributed by atoms with Crippen molar-refractivity contribution in [2.24, 2.45) is 0 Å². The van der Waals surface area contributed by atoms with E-state index in [-0.39, 0.29) is 18.1 Å². The molecule has 1 N–H and O–H groups in total. The van der Waals surface area contributed by atoms with Crippen molar-refractivity contribution in [1.82, 2.24) is 15.1 Å². The van der Waals surface area contributed by atoms with Crippen LogP contribution in [0.1, 0.15) is 110 Å². The zero-order chi connectivity index (χ0) is 22.6. The standard InChI is InChI=1S/C26H51N3O2/c1-3-5-7-9-11-13-15-19-28(20-16-14-12-10-8-6-4-2)24-25(30)23-26(31)29-21-17-27-18-22-29/h27H,3-24H2,1-2H3. The van der Waals surface area contributed by atoms with Crippen LogP contribution < -0.4 is 5.32 Å². The number of piperazine rings is 1. The lowest BCUT2D eigenvalue weighted by Crippen LogP contribution is -2.47. The Labute approximate surface area is 192 Å². The summed E-state index contributed by atoms with van der Waals surface area (Å²) >= 11 is 0. The van der Waals surface area contributed by atoms with E-state index in [2.05, 4.69) is 24.1 Å². The molecule has 1 aliphatic rings. The van der Waals surface area contributed by atoms with Gasteiger partial charge in [0.15, 0.2) is 5.78 Å². The van der Waals surface area contributed by atoms with Crippen LogP contribution in [0, 0.1) is 0 Å². The third-order valence-electron chi connectivity index (χ3n) is 6.37. The fraction of sp³-hybridized carbons (Fsp3) is 0.923. The molecule has 0 aromatic rings. The first kappa shape index (κ1) is 28.1. The van der Waals surface area contributed by atoms with Crippen molar-refractivity contribution in [2.75, 3.05) is 45.8 Å². The van der Waals surface area contributed by atoms with Gasteiger partial charge in [-0.2, -0.15) is 0 Å². The fourth-order valence-corrected chi connectivity index (χ4v) is 4.35. The maximum Gasteiger partial charge on any atom is 0.230 e. The summed E-state index contributed by atoms with van der Waals surface area (Å²) in [5, 5.41) is 3.26. The summed E-state index contributed by atoms with van der Waals surface area (Å²) in [5.41, 5.74) is 0. The summed E-state index contributed by atoms with van der Waals surface area (Å²) in [6.07, 6.45) is 18.2. The maximum atomic E-state index is 12.6. The SMILES string of the molecule is CCCCCCCCCN(CCCCCCCCC)CC(=O)CC(=O)N1CCNCC1. The van der Waals surface area contributed by atoms with Crippen molar-refractivity contribution < 1.29 is 9.59 Å². The number of rotatable bonds is 20. The molecule has 5 heteroatoms. The summed E-state index contributed by atoms with van der Waals surface area (Å²) in [6.45, 7) is 10.1. The van der Waals surface area contributed by atoms with Crippen LogP contribution in [-0.4, -0.2) is 67.3 Å². The Morgan fingerprint density at radius 1 is 0.710 bits per heavy atom. The van der Waals surface area contributed by atoms with E-state index in [0.29, 0.717) is 6.54 Å². The summed E-state index contributed by atoms with van der Waals surface area (Å²) < 4.78 is 0. The Hall–Kier alpha value is -0.940. The van der Waals surface area contributed by atoms with Crippen LogP contribution in [0.15, 0.2) is 0 Å². The van der Waals surface area contributed by atoms with Gasteiger partial charge in [-0.25, -0.2) is 0 Å². The summed E-state index contributed by atoms with van der Waals surface area (Å²) in [6, 6.07) is 0. The van der Waals surface area contributed by atoms with Gasteiger partial charge >= 0.3 is 0 Å². The van der Waals surface area contributed by atoms with E-state index in [4.69, 9.17) is 0 Å². The molecule has 1 aliphatic heterocycles. The van der Waals surface area contributed by atoms with Crippen molar-refractivity contribution in [3.8, 4) is 0 Å². The number of hydrogen-bond donors (Lipinski definition) is 1. The first-order valence-corrected chi connectivity index (χ1v) is 13.4. The highest BCUT2D eigenvalue weighted by atomic mass is 16.2. The highest BCUT2D eigenvalue weighted by molar-refractivity contribution is 5.99. The molecule has 0 unspecified atom stereocenters. The Bertz CT molecular complexity index is 432. The van der Waals surface area contributed by atoms with E-state index in [1.165, 1.54) is 89.9 Å². The molecule has 1 fully saturated rings. The summed E-state index contributed by atoms with van der Waals surface area (Å²) in [7, 11) is 0. The smallest absolute Gasteiger partial charge is 0.230 e. The van der Waals surface area contributed by atoms with E-state index < -0.39 is 0 Å². The molecule has 1 amide bonds. The largest absolute Gasteiger partial charge is 0.340 e. The predicted octanol–water partition coefficient (Wildman–Crippen LogP) is 5.18. The molecule has 0 spiro atoms. The minimum atomic E-state index is 0.0123. The molecule has 1 rings (SSSR count). The summed E-state index contributed by atoms with van der Waals surface area (Å²) in [4.78, 5) is 29.2. The maximum absolute atomic E-state index is 12.6. The lowest BCUT2D eigenvalue weighted by Gasteiger charge is -2.27. The lowest BCUT2D eigenvalue weighted by atomic mass is 10.1. The Morgan fingerprint density at radius 2 is 1.16 bits per heavy atom. The van der Waals surface area contributed by atoms with Crippen LogP contribution in [0.4, 0.5) is 0 Å².